The summed E-state index contributed by atoms with van der Waals surface area (Å²) < 4.78 is 9.95. The Morgan fingerprint density at radius 2 is 2.17 bits per heavy atom. The lowest BCUT2D eigenvalue weighted by molar-refractivity contribution is -0.127. The van der Waals surface area contributed by atoms with Gasteiger partial charge in [0.15, 0.2) is 0 Å². The summed E-state index contributed by atoms with van der Waals surface area (Å²) in [5, 5.41) is 0.472. The maximum atomic E-state index is 11.6. The predicted molar refractivity (Wildman–Crippen MR) is 68.3 cm³/mol. The monoisotopic (exact) mass is 267 g/mol. The minimum atomic E-state index is -0.399. The number of carbonyl (C=O) groups excluding carboxylic acids is 1. The van der Waals surface area contributed by atoms with Gasteiger partial charge >= 0.3 is 5.97 Å². The fraction of sp³-hybridized carbons (Fsp3) is 0.462. The molecule has 18 heavy (non-hydrogen) atoms. The van der Waals surface area contributed by atoms with E-state index < -0.39 is 5.97 Å². The van der Waals surface area contributed by atoms with E-state index in [-0.39, 0.29) is 0 Å². The molecule has 2 heterocycles. The third kappa shape index (κ3) is 1.68. The minimum absolute atomic E-state index is 0.324. The summed E-state index contributed by atoms with van der Waals surface area (Å²) >= 11 is 6.27. The highest BCUT2D eigenvalue weighted by Crippen LogP contribution is 2.42. The third-order valence-corrected chi connectivity index (χ3v) is 3.99. The van der Waals surface area contributed by atoms with Crippen LogP contribution in [0.5, 0.6) is 0 Å². The van der Waals surface area contributed by atoms with Crippen LogP contribution in [-0.2, 0) is 9.47 Å². The molecule has 2 saturated heterocycles. The summed E-state index contributed by atoms with van der Waals surface area (Å²) in [5.41, 5.74) is 1.64. The van der Waals surface area contributed by atoms with Gasteiger partial charge in [-0.05, 0) is 12.1 Å². The van der Waals surface area contributed by atoms with Gasteiger partial charge in [-0.3, -0.25) is 0 Å². The van der Waals surface area contributed by atoms with Crippen molar-refractivity contribution in [2.24, 2.45) is 5.41 Å². The van der Waals surface area contributed by atoms with Crippen molar-refractivity contribution < 1.29 is 14.3 Å². The largest absolute Gasteiger partial charge is 0.465 e. The van der Waals surface area contributed by atoms with Crippen LogP contribution in [0.15, 0.2) is 18.2 Å². The van der Waals surface area contributed by atoms with Crippen LogP contribution in [0.4, 0.5) is 5.69 Å². The van der Waals surface area contributed by atoms with Gasteiger partial charge in [0, 0.05) is 13.1 Å². The van der Waals surface area contributed by atoms with Gasteiger partial charge in [-0.2, -0.15) is 0 Å². The molecule has 0 radical (unpaired) electrons. The lowest BCUT2D eigenvalue weighted by Crippen LogP contribution is -2.66. The Bertz CT molecular complexity index is 491. The Morgan fingerprint density at radius 1 is 1.44 bits per heavy atom. The molecule has 0 amide bonds. The second-order valence-corrected chi connectivity index (χ2v) is 5.36. The summed E-state index contributed by atoms with van der Waals surface area (Å²) in [6.45, 7) is 3.55. The zero-order valence-corrected chi connectivity index (χ0v) is 10.9. The van der Waals surface area contributed by atoms with Crippen LogP contribution < -0.4 is 4.90 Å². The van der Waals surface area contributed by atoms with Crippen molar-refractivity contribution in [1.82, 2.24) is 0 Å². The lowest BCUT2D eigenvalue weighted by Gasteiger charge is -2.56. The molecule has 4 nitrogen and oxygen atoms in total. The number of benzene rings is 1. The molecule has 0 bridgehead atoms. The average molecular weight is 268 g/mol. The average Bonchev–Trinajstić information content (AvgIpc) is 2.26. The standard InChI is InChI=1S/C13H14ClNO3/c1-17-12(16)9-3-2-4-10(11(9)14)15-5-13(6-15)7-18-8-13/h2-4H,5-8H2,1H3. The van der Waals surface area contributed by atoms with Gasteiger partial charge in [0.25, 0.3) is 0 Å². The van der Waals surface area contributed by atoms with Crippen LogP contribution in [0.3, 0.4) is 0 Å². The van der Waals surface area contributed by atoms with Crippen molar-refractivity contribution in [3.8, 4) is 0 Å². The smallest absolute Gasteiger partial charge is 0.339 e. The second kappa shape index (κ2) is 4.14. The second-order valence-electron chi connectivity index (χ2n) is 4.98. The summed E-state index contributed by atoms with van der Waals surface area (Å²) in [6.07, 6.45) is 0. The van der Waals surface area contributed by atoms with Crippen molar-refractivity contribution in [1.29, 1.82) is 0 Å². The first kappa shape index (κ1) is 11.8. The molecule has 2 fully saturated rings. The Hall–Kier alpha value is -1.26. The number of methoxy groups -OCH3 is 1. The molecule has 0 N–H and O–H groups in total. The zero-order chi connectivity index (χ0) is 12.8. The van der Waals surface area contributed by atoms with Gasteiger partial charge in [0.1, 0.15) is 0 Å². The van der Waals surface area contributed by atoms with E-state index in [2.05, 4.69) is 4.90 Å². The maximum Gasteiger partial charge on any atom is 0.339 e. The molecule has 2 aliphatic heterocycles. The SMILES string of the molecule is COC(=O)c1cccc(N2CC3(COC3)C2)c1Cl. The van der Waals surface area contributed by atoms with Gasteiger partial charge in [0.05, 0.1) is 42.0 Å². The van der Waals surface area contributed by atoms with Crippen LogP contribution in [0.25, 0.3) is 0 Å². The summed E-state index contributed by atoms with van der Waals surface area (Å²) in [7, 11) is 1.36. The lowest BCUT2D eigenvalue weighted by atomic mass is 9.77. The normalized spacial score (nSPS) is 20.2. The van der Waals surface area contributed by atoms with E-state index in [1.54, 1.807) is 6.07 Å². The zero-order valence-electron chi connectivity index (χ0n) is 10.1. The molecule has 1 aromatic rings. The van der Waals surface area contributed by atoms with E-state index in [4.69, 9.17) is 21.1 Å². The maximum absolute atomic E-state index is 11.6. The molecule has 0 aliphatic carbocycles. The molecule has 96 valence electrons. The Kier molecular flexibility index (Phi) is 2.72. The molecule has 0 saturated carbocycles. The number of esters is 1. The highest BCUT2D eigenvalue weighted by molar-refractivity contribution is 6.36. The van der Waals surface area contributed by atoms with Crippen LogP contribution in [0.2, 0.25) is 5.02 Å². The molecular weight excluding hydrogens is 254 g/mol. The highest BCUT2D eigenvalue weighted by atomic mass is 35.5. The number of halogens is 1. The molecular formula is C13H14ClNO3. The van der Waals surface area contributed by atoms with Gasteiger partial charge < -0.3 is 14.4 Å². The number of ether oxygens (including phenoxy) is 2. The number of hydrogen-bond donors (Lipinski definition) is 0. The molecule has 0 unspecified atom stereocenters. The van der Waals surface area contributed by atoms with Crippen molar-refractivity contribution in [2.75, 3.05) is 38.3 Å². The van der Waals surface area contributed by atoms with Gasteiger partial charge in [-0.1, -0.05) is 17.7 Å². The van der Waals surface area contributed by atoms with E-state index in [0.717, 1.165) is 32.0 Å². The first-order chi connectivity index (χ1) is 8.65. The van der Waals surface area contributed by atoms with Crippen LogP contribution in [-0.4, -0.2) is 39.4 Å². The molecule has 3 rings (SSSR count). The highest BCUT2D eigenvalue weighted by Gasteiger charge is 2.49. The van der Waals surface area contributed by atoms with Crippen molar-refractivity contribution in [2.45, 2.75) is 0 Å². The Labute approximate surface area is 110 Å². The van der Waals surface area contributed by atoms with E-state index in [1.165, 1.54) is 7.11 Å². The Balaban J connectivity index is 1.83. The topological polar surface area (TPSA) is 38.8 Å². The Morgan fingerprint density at radius 3 is 2.72 bits per heavy atom. The fourth-order valence-electron chi connectivity index (χ4n) is 2.54. The van der Waals surface area contributed by atoms with Crippen molar-refractivity contribution in [3.63, 3.8) is 0 Å². The molecule has 1 spiro atoms. The predicted octanol–water partition coefficient (Wildman–Crippen LogP) is 1.96. The first-order valence-electron chi connectivity index (χ1n) is 5.85. The van der Waals surface area contributed by atoms with Crippen LogP contribution in [0.1, 0.15) is 10.4 Å². The molecule has 0 atom stereocenters. The van der Waals surface area contributed by atoms with Gasteiger partial charge in [0.2, 0.25) is 0 Å². The van der Waals surface area contributed by atoms with Crippen LogP contribution >= 0.6 is 11.6 Å². The van der Waals surface area contributed by atoms with E-state index in [9.17, 15) is 4.79 Å². The quantitative estimate of drug-likeness (QED) is 0.768. The first-order valence-corrected chi connectivity index (χ1v) is 6.23. The summed E-state index contributed by atoms with van der Waals surface area (Å²) in [5.74, 6) is -0.399. The minimum Gasteiger partial charge on any atom is -0.465 e. The number of rotatable bonds is 2. The van der Waals surface area contributed by atoms with E-state index in [0.29, 0.717) is 16.0 Å². The van der Waals surface area contributed by atoms with Crippen molar-refractivity contribution >= 4 is 23.3 Å². The fourth-order valence-corrected chi connectivity index (χ4v) is 2.86. The number of anilines is 1. The molecule has 1 aromatic carbocycles. The molecule has 2 aliphatic rings. The number of hydrogen-bond acceptors (Lipinski definition) is 4. The van der Waals surface area contributed by atoms with Gasteiger partial charge in [-0.25, -0.2) is 4.79 Å². The van der Waals surface area contributed by atoms with E-state index >= 15 is 0 Å². The van der Waals surface area contributed by atoms with Crippen LogP contribution in [0, 0.1) is 5.41 Å². The number of nitrogens with zero attached hydrogens (tertiary/aromatic N) is 1. The summed E-state index contributed by atoms with van der Waals surface area (Å²) in [6, 6.07) is 5.44. The molecule has 0 aromatic heterocycles. The van der Waals surface area contributed by atoms with E-state index in [1.807, 2.05) is 12.1 Å². The van der Waals surface area contributed by atoms with Crippen molar-refractivity contribution in [3.05, 3.63) is 28.8 Å². The van der Waals surface area contributed by atoms with Gasteiger partial charge in [-0.15, -0.1) is 0 Å². The number of carbonyl (C=O) groups is 1. The summed E-state index contributed by atoms with van der Waals surface area (Å²) in [4.78, 5) is 13.7. The molecule has 5 heteroatoms. The third-order valence-electron chi connectivity index (χ3n) is 3.59.